The summed E-state index contributed by atoms with van der Waals surface area (Å²) in [6, 6.07) is 8.01. The summed E-state index contributed by atoms with van der Waals surface area (Å²) in [6.45, 7) is 3.15. The number of guanidine groups is 1. The Balaban J connectivity index is 1.85. The van der Waals surface area contributed by atoms with Gasteiger partial charge in [0, 0.05) is 29.1 Å². The number of benzene rings is 2. The van der Waals surface area contributed by atoms with Crippen LogP contribution in [0.3, 0.4) is 0 Å². The Morgan fingerprint density at radius 3 is 2.83 bits per heavy atom. The second kappa shape index (κ2) is 9.44. The molecular weight excluding hydrogens is 404 g/mol. The highest BCUT2D eigenvalue weighted by Crippen LogP contribution is 2.23. The molecule has 0 saturated carbocycles. The van der Waals surface area contributed by atoms with Crippen LogP contribution in [0.4, 0.5) is 14.6 Å². The van der Waals surface area contributed by atoms with E-state index in [2.05, 4.69) is 25.8 Å². The highest BCUT2D eigenvalue weighted by atomic mass is 35.5. The number of rotatable bonds is 6. The second-order valence-electron chi connectivity index (χ2n) is 5.91. The minimum Gasteiger partial charge on any atom is -0.380 e. The lowest BCUT2D eigenvalue weighted by Crippen LogP contribution is -2.34. The van der Waals surface area contributed by atoms with Crippen LogP contribution in [0.1, 0.15) is 17.3 Å². The van der Waals surface area contributed by atoms with Gasteiger partial charge >= 0.3 is 0 Å². The monoisotopic (exact) mass is 421 g/mol. The van der Waals surface area contributed by atoms with Crippen LogP contribution in [0.15, 0.2) is 41.4 Å². The Kier molecular flexibility index (Phi) is 6.73. The van der Waals surface area contributed by atoms with E-state index in [1.165, 1.54) is 0 Å². The van der Waals surface area contributed by atoms with Crippen LogP contribution in [0.2, 0.25) is 5.02 Å². The number of nitrogens with zero attached hydrogens (tertiary/aromatic N) is 2. The average Bonchev–Trinajstić information content (AvgIpc) is 3.08. The first-order valence-corrected chi connectivity index (χ1v) is 9.16. The molecule has 0 saturated heterocycles. The highest BCUT2D eigenvalue weighted by molar-refractivity contribution is 6.31. The number of carbonyl (C=O) groups excluding carboxylic acids is 1. The number of halogens is 3. The van der Waals surface area contributed by atoms with Gasteiger partial charge in [0.1, 0.15) is 0 Å². The van der Waals surface area contributed by atoms with E-state index >= 15 is 0 Å². The molecule has 29 heavy (non-hydrogen) atoms. The average molecular weight is 422 g/mol. The fourth-order valence-corrected chi connectivity index (χ4v) is 2.66. The molecule has 0 aliphatic heterocycles. The number of fused-ring (bicyclic) bond motifs is 1. The number of hydrogen-bond donors (Lipinski definition) is 3. The van der Waals surface area contributed by atoms with Gasteiger partial charge in [0.15, 0.2) is 17.5 Å². The van der Waals surface area contributed by atoms with Gasteiger partial charge in [0.2, 0.25) is 5.96 Å². The van der Waals surface area contributed by atoms with E-state index in [-0.39, 0.29) is 11.5 Å². The minimum atomic E-state index is -1.12. The molecule has 152 valence electrons. The summed E-state index contributed by atoms with van der Waals surface area (Å²) in [5.41, 5.74) is 0.606. The van der Waals surface area contributed by atoms with Gasteiger partial charge in [-0.3, -0.25) is 9.89 Å². The van der Waals surface area contributed by atoms with Gasteiger partial charge in [0.05, 0.1) is 12.1 Å². The normalized spacial score (nSPS) is 11.7. The van der Waals surface area contributed by atoms with Crippen molar-refractivity contribution < 1.29 is 18.3 Å². The molecule has 0 aliphatic carbocycles. The molecule has 10 heteroatoms. The van der Waals surface area contributed by atoms with Crippen molar-refractivity contribution in [1.82, 2.24) is 15.5 Å². The summed E-state index contributed by atoms with van der Waals surface area (Å²) < 4.78 is 31.8. The third kappa shape index (κ3) is 5.27. The minimum absolute atomic E-state index is 0.0859. The van der Waals surface area contributed by atoms with Crippen molar-refractivity contribution in [3.8, 4) is 0 Å². The van der Waals surface area contributed by atoms with Gasteiger partial charge in [-0.2, -0.15) is 10.1 Å². The Morgan fingerprint density at radius 2 is 2.07 bits per heavy atom. The fourth-order valence-electron chi connectivity index (χ4n) is 2.49. The molecule has 3 rings (SSSR count). The second-order valence-corrected chi connectivity index (χ2v) is 6.34. The number of amides is 1. The summed E-state index contributed by atoms with van der Waals surface area (Å²) in [5, 5.41) is 14.1. The van der Waals surface area contributed by atoms with Gasteiger partial charge in [-0.25, -0.2) is 8.78 Å². The largest absolute Gasteiger partial charge is 0.380 e. The van der Waals surface area contributed by atoms with E-state index in [1.54, 1.807) is 18.2 Å². The van der Waals surface area contributed by atoms with E-state index in [1.807, 2.05) is 6.92 Å². The lowest BCUT2D eigenvalue weighted by Gasteiger charge is -2.11. The molecule has 3 N–H and O–H groups in total. The maximum atomic E-state index is 13.4. The molecule has 0 aliphatic rings. The van der Waals surface area contributed by atoms with Crippen LogP contribution < -0.4 is 10.6 Å². The van der Waals surface area contributed by atoms with Crippen molar-refractivity contribution in [2.75, 3.05) is 25.1 Å². The third-order valence-corrected chi connectivity index (χ3v) is 4.12. The summed E-state index contributed by atoms with van der Waals surface area (Å²) >= 11 is 5.97. The van der Waals surface area contributed by atoms with Crippen molar-refractivity contribution in [2.24, 2.45) is 4.99 Å². The standard InChI is InChI=1S/C19H18ClF2N5O2/c1-2-29-8-7-23-19(25-18(28)11-3-6-14(21)15(22)9-11)24-17-13-5-4-12(20)10-16(13)26-27-17/h3-6,9-10H,2,7-8H2,1H3,(H3,23,24,25,26,27,28). The molecule has 3 aromatic rings. The van der Waals surface area contributed by atoms with Crippen molar-refractivity contribution in [3.63, 3.8) is 0 Å². The number of aliphatic imine (C=N–C) groups is 1. The van der Waals surface area contributed by atoms with Crippen LogP contribution in [0.25, 0.3) is 10.9 Å². The van der Waals surface area contributed by atoms with Crippen LogP contribution in [0, 0.1) is 11.6 Å². The van der Waals surface area contributed by atoms with Crippen LogP contribution in [0.5, 0.6) is 0 Å². The number of ether oxygens (including phenoxy) is 1. The number of H-pyrrole nitrogens is 1. The zero-order valence-electron chi connectivity index (χ0n) is 15.4. The van der Waals surface area contributed by atoms with Gasteiger partial charge in [-0.05, 0) is 43.3 Å². The van der Waals surface area contributed by atoms with E-state index in [0.717, 1.165) is 23.6 Å². The fraction of sp³-hybridized carbons (Fsp3) is 0.211. The molecule has 0 bridgehead atoms. The Labute approximate surface area is 170 Å². The lowest BCUT2D eigenvalue weighted by atomic mass is 10.2. The Morgan fingerprint density at radius 1 is 1.24 bits per heavy atom. The number of carbonyl (C=O) groups is 1. The molecule has 1 aromatic heterocycles. The van der Waals surface area contributed by atoms with E-state index in [0.29, 0.717) is 36.1 Å². The molecule has 1 amide bonds. The summed E-state index contributed by atoms with van der Waals surface area (Å²) in [5.74, 6) is -2.42. The predicted octanol–water partition coefficient (Wildman–Crippen LogP) is 3.73. The maximum Gasteiger partial charge on any atom is 0.280 e. The van der Waals surface area contributed by atoms with Gasteiger partial charge in [0.25, 0.3) is 5.91 Å². The SMILES string of the molecule is CCOCCN/C(=N/C(=O)c1ccc(F)c(F)c1)Nc1n[nH]c2cc(Cl)ccc12. The first-order valence-electron chi connectivity index (χ1n) is 8.78. The molecule has 7 nitrogen and oxygen atoms in total. The van der Waals surface area contributed by atoms with E-state index in [9.17, 15) is 13.6 Å². The molecule has 0 atom stereocenters. The maximum absolute atomic E-state index is 13.4. The van der Waals surface area contributed by atoms with E-state index in [4.69, 9.17) is 16.3 Å². The smallest absolute Gasteiger partial charge is 0.280 e. The predicted molar refractivity (Wildman–Crippen MR) is 107 cm³/mol. The molecule has 0 radical (unpaired) electrons. The van der Waals surface area contributed by atoms with E-state index < -0.39 is 17.5 Å². The van der Waals surface area contributed by atoms with Crippen molar-refractivity contribution >= 4 is 40.2 Å². The zero-order valence-corrected chi connectivity index (χ0v) is 16.2. The van der Waals surface area contributed by atoms with Gasteiger partial charge in [-0.15, -0.1) is 0 Å². The number of aromatic nitrogens is 2. The molecule has 0 fully saturated rings. The van der Waals surface area contributed by atoms with Crippen molar-refractivity contribution in [2.45, 2.75) is 6.92 Å². The summed E-state index contributed by atoms with van der Waals surface area (Å²) in [6.07, 6.45) is 0. The number of hydrogen-bond acceptors (Lipinski definition) is 3. The Hall–Kier alpha value is -3.04. The highest BCUT2D eigenvalue weighted by Gasteiger charge is 2.13. The molecule has 2 aromatic carbocycles. The first-order chi connectivity index (χ1) is 14.0. The number of nitrogens with one attached hydrogen (secondary N) is 3. The quantitative estimate of drug-likeness (QED) is 0.320. The van der Waals surface area contributed by atoms with Crippen LogP contribution in [-0.2, 0) is 4.74 Å². The Bertz CT molecular complexity index is 1050. The molecule has 0 unspecified atom stereocenters. The zero-order chi connectivity index (χ0) is 20.8. The number of aromatic amines is 1. The van der Waals surface area contributed by atoms with Crippen molar-refractivity contribution in [1.29, 1.82) is 0 Å². The summed E-state index contributed by atoms with van der Waals surface area (Å²) in [7, 11) is 0. The number of anilines is 1. The molecular formula is C19H18ClF2N5O2. The lowest BCUT2D eigenvalue weighted by molar-refractivity contribution is 0.100. The molecule has 0 spiro atoms. The topological polar surface area (TPSA) is 91.4 Å². The summed E-state index contributed by atoms with van der Waals surface area (Å²) in [4.78, 5) is 16.4. The van der Waals surface area contributed by atoms with Crippen LogP contribution >= 0.6 is 11.6 Å². The first kappa shape index (κ1) is 20.7. The van der Waals surface area contributed by atoms with Crippen molar-refractivity contribution in [3.05, 3.63) is 58.6 Å². The van der Waals surface area contributed by atoms with Gasteiger partial charge < -0.3 is 15.4 Å². The van der Waals surface area contributed by atoms with Crippen LogP contribution in [-0.4, -0.2) is 41.8 Å². The third-order valence-electron chi connectivity index (χ3n) is 3.88. The molecule has 1 heterocycles. The van der Waals surface area contributed by atoms with Gasteiger partial charge in [-0.1, -0.05) is 11.6 Å².